The van der Waals surface area contributed by atoms with E-state index in [-0.39, 0.29) is 16.8 Å². The first-order chi connectivity index (χ1) is 8.61. The summed E-state index contributed by atoms with van der Waals surface area (Å²) in [5, 5.41) is 18.3. The summed E-state index contributed by atoms with van der Waals surface area (Å²) in [7, 11) is 0. The average molecular weight is 251 g/mol. The second kappa shape index (κ2) is 5.05. The molecule has 1 aliphatic heterocycles. The molecular weight excluding hydrogens is 238 g/mol. The normalized spacial score (nSPS) is 15.4. The summed E-state index contributed by atoms with van der Waals surface area (Å²) in [5.74, 6) is -2.25. The van der Waals surface area contributed by atoms with E-state index in [1.807, 2.05) is 0 Å². The van der Waals surface area contributed by atoms with Crippen LogP contribution in [0.1, 0.15) is 20.7 Å². The molecule has 6 heteroatoms. The van der Waals surface area contributed by atoms with Crippen LogP contribution < -0.4 is 4.90 Å². The van der Waals surface area contributed by atoms with Crippen molar-refractivity contribution in [1.82, 2.24) is 0 Å². The number of morpholine rings is 1. The molecule has 0 atom stereocenters. The molecular formula is C12H13NO5. The van der Waals surface area contributed by atoms with Crippen LogP contribution in [0.15, 0.2) is 18.2 Å². The van der Waals surface area contributed by atoms with Crippen LogP contribution in [0.3, 0.4) is 0 Å². The van der Waals surface area contributed by atoms with Gasteiger partial charge in [-0.15, -0.1) is 0 Å². The van der Waals surface area contributed by atoms with Crippen molar-refractivity contribution < 1.29 is 24.5 Å². The molecule has 1 aromatic rings. The Morgan fingerprint density at radius 3 is 2.00 bits per heavy atom. The molecule has 1 aromatic carbocycles. The van der Waals surface area contributed by atoms with Gasteiger partial charge in [0.2, 0.25) is 0 Å². The summed E-state index contributed by atoms with van der Waals surface area (Å²) in [5.41, 5.74) is 0.286. The highest BCUT2D eigenvalue weighted by molar-refractivity contribution is 6.03. The van der Waals surface area contributed by atoms with Crippen molar-refractivity contribution in [3.63, 3.8) is 0 Å². The first kappa shape index (κ1) is 12.4. The summed E-state index contributed by atoms with van der Waals surface area (Å²) in [4.78, 5) is 24.1. The van der Waals surface area contributed by atoms with E-state index in [9.17, 15) is 9.59 Å². The standard InChI is InChI=1S/C12H13NO5/c14-11(15)8-2-1-3-9(12(16)17)10(8)13-4-6-18-7-5-13/h1-3H,4-7H2,(H,14,15)(H,16,17). The van der Waals surface area contributed by atoms with E-state index in [0.29, 0.717) is 26.3 Å². The lowest BCUT2D eigenvalue weighted by Gasteiger charge is -2.30. The number of carboxylic acids is 2. The van der Waals surface area contributed by atoms with E-state index < -0.39 is 11.9 Å². The number of anilines is 1. The number of carbonyl (C=O) groups is 2. The van der Waals surface area contributed by atoms with Crippen LogP contribution in [0.25, 0.3) is 0 Å². The van der Waals surface area contributed by atoms with Crippen molar-refractivity contribution in [2.45, 2.75) is 0 Å². The van der Waals surface area contributed by atoms with Crippen LogP contribution in [0, 0.1) is 0 Å². The van der Waals surface area contributed by atoms with Gasteiger partial charge in [-0.25, -0.2) is 9.59 Å². The fourth-order valence-corrected chi connectivity index (χ4v) is 2.02. The molecule has 6 nitrogen and oxygen atoms in total. The maximum atomic E-state index is 11.2. The van der Waals surface area contributed by atoms with Crippen molar-refractivity contribution in [1.29, 1.82) is 0 Å². The van der Waals surface area contributed by atoms with E-state index >= 15 is 0 Å². The van der Waals surface area contributed by atoms with E-state index in [4.69, 9.17) is 14.9 Å². The molecule has 2 N–H and O–H groups in total. The second-order valence-corrected chi connectivity index (χ2v) is 3.91. The summed E-state index contributed by atoms with van der Waals surface area (Å²) >= 11 is 0. The van der Waals surface area contributed by atoms with E-state index in [2.05, 4.69) is 0 Å². The summed E-state index contributed by atoms with van der Waals surface area (Å²) in [6.07, 6.45) is 0. The van der Waals surface area contributed by atoms with E-state index in [1.165, 1.54) is 18.2 Å². The summed E-state index contributed by atoms with van der Waals surface area (Å²) in [6.45, 7) is 1.91. The molecule has 18 heavy (non-hydrogen) atoms. The lowest BCUT2D eigenvalue weighted by molar-refractivity contribution is 0.0696. The SMILES string of the molecule is O=C(O)c1cccc(C(=O)O)c1N1CCOCC1. The van der Waals surface area contributed by atoms with Gasteiger partial charge in [0, 0.05) is 13.1 Å². The van der Waals surface area contributed by atoms with Crippen molar-refractivity contribution in [2.75, 3.05) is 31.2 Å². The van der Waals surface area contributed by atoms with Crippen LogP contribution in [0.5, 0.6) is 0 Å². The number of carboxylic acid groups (broad SMARTS) is 2. The molecule has 1 aliphatic rings. The maximum absolute atomic E-state index is 11.2. The predicted molar refractivity (Wildman–Crippen MR) is 63.4 cm³/mol. The highest BCUT2D eigenvalue weighted by Gasteiger charge is 2.24. The quantitative estimate of drug-likeness (QED) is 0.830. The summed E-state index contributed by atoms with van der Waals surface area (Å²) in [6, 6.07) is 4.27. The number of benzene rings is 1. The zero-order valence-corrected chi connectivity index (χ0v) is 9.63. The predicted octanol–water partition coefficient (Wildman–Crippen LogP) is 0.920. The van der Waals surface area contributed by atoms with Crippen molar-refractivity contribution in [3.8, 4) is 0 Å². The Hall–Kier alpha value is -2.08. The second-order valence-electron chi connectivity index (χ2n) is 3.91. The van der Waals surface area contributed by atoms with Gasteiger partial charge in [-0.3, -0.25) is 0 Å². The fraction of sp³-hybridized carbons (Fsp3) is 0.333. The van der Waals surface area contributed by atoms with Gasteiger partial charge in [-0.1, -0.05) is 6.07 Å². The first-order valence-corrected chi connectivity index (χ1v) is 5.53. The number of hydrogen-bond donors (Lipinski definition) is 2. The van der Waals surface area contributed by atoms with Crippen LogP contribution in [-0.4, -0.2) is 48.5 Å². The Balaban J connectivity index is 2.52. The third kappa shape index (κ3) is 2.28. The van der Waals surface area contributed by atoms with Gasteiger partial charge >= 0.3 is 11.9 Å². The highest BCUT2D eigenvalue weighted by Crippen LogP contribution is 2.26. The average Bonchev–Trinajstić information content (AvgIpc) is 2.38. The van der Waals surface area contributed by atoms with Gasteiger partial charge in [0.15, 0.2) is 0 Å². The number of ether oxygens (including phenoxy) is 1. The van der Waals surface area contributed by atoms with Crippen LogP contribution in [-0.2, 0) is 4.74 Å². The molecule has 0 saturated carbocycles. The van der Waals surface area contributed by atoms with Crippen molar-refractivity contribution in [3.05, 3.63) is 29.3 Å². The smallest absolute Gasteiger partial charge is 0.337 e. The molecule has 1 fully saturated rings. The molecule has 0 spiro atoms. The van der Waals surface area contributed by atoms with E-state index in [0.717, 1.165) is 0 Å². The molecule has 0 amide bonds. The van der Waals surface area contributed by atoms with E-state index in [1.54, 1.807) is 4.90 Å². The third-order valence-corrected chi connectivity index (χ3v) is 2.82. The lowest BCUT2D eigenvalue weighted by Crippen LogP contribution is -2.38. The fourth-order valence-electron chi connectivity index (χ4n) is 2.02. The Bertz CT molecular complexity index is 447. The van der Waals surface area contributed by atoms with Gasteiger partial charge in [0.25, 0.3) is 0 Å². The lowest BCUT2D eigenvalue weighted by atomic mass is 10.1. The van der Waals surface area contributed by atoms with Gasteiger partial charge < -0.3 is 19.8 Å². The minimum Gasteiger partial charge on any atom is -0.478 e. The van der Waals surface area contributed by atoms with Crippen LogP contribution in [0.2, 0.25) is 0 Å². The number of nitrogens with zero attached hydrogens (tertiary/aromatic N) is 1. The van der Waals surface area contributed by atoms with Crippen molar-refractivity contribution >= 4 is 17.6 Å². The number of para-hydroxylation sites is 1. The highest BCUT2D eigenvalue weighted by atomic mass is 16.5. The number of rotatable bonds is 3. The van der Waals surface area contributed by atoms with Crippen LogP contribution >= 0.6 is 0 Å². The molecule has 1 heterocycles. The Labute approximate surface area is 103 Å². The molecule has 0 bridgehead atoms. The zero-order valence-electron chi connectivity index (χ0n) is 9.63. The van der Waals surface area contributed by atoms with Gasteiger partial charge in [0.05, 0.1) is 30.0 Å². The molecule has 0 unspecified atom stereocenters. The molecule has 1 saturated heterocycles. The third-order valence-electron chi connectivity index (χ3n) is 2.82. The minimum absolute atomic E-state index is 0.0109. The molecule has 96 valence electrons. The Kier molecular flexibility index (Phi) is 3.47. The van der Waals surface area contributed by atoms with Gasteiger partial charge in [-0.05, 0) is 12.1 Å². The monoisotopic (exact) mass is 251 g/mol. The molecule has 0 aromatic heterocycles. The van der Waals surface area contributed by atoms with Gasteiger partial charge in [0.1, 0.15) is 0 Å². The first-order valence-electron chi connectivity index (χ1n) is 5.53. The molecule has 0 radical (unpaired) electrons. The largest absolute Gasteiger partial charge is 0.478 e. The molecule has 0 aliphatic carbocycles. The number of aromatic carboxylic acids is 2. The summed E-state index contributed by atoms with van der Waals surface area (Å²) < 4.78 is 5.19. The zero-order chi connectivity index (χ0) is 13.1. The topological polar surface area (TPSA) is 87.1 Å². The minimum atomic E-state index is -1.13. The van der Waals surface area contributed by atoms with Gasteiger partial charge in [-0.2, -0.15) is 0 Å². The Morgan fingerprint density at radius 2 is 1.56 bits per heavy atom. The van der Waals surface area contributed by atoms with Crippen LogP contribution in [0.4, 0.5) is 5.69 Å². The van der Waals surface area contributed by atoms with Crippen molar-refractivity contribution in [2.24, 2.45) is 0 Å². The number of hydrogen-bond acceptors (Lipinski definition) is 4. The Morgan fingerprint density at radius 1 is 1.06 bits per heavy atom. The molecule has 2 rings (SSSR count). The maximum Gasteiger partial charge on any atom is 0.337 e.